The minimum Gasteiger partial charge on any atom is -0.354 e. The van der Waals surface area contributed by atoms with Gasteiger partial charge in [-0.2, -0.15) is 0 Å². The highest BCUT2D eigenvalue weighted by atomic mass is 16.7. The van der Waals surface area contributed by atoms with Gasteiger partial charge in [-0.3, -0.25) is 4.90 Å². The van der Waals surface area contributed by atoms with Crippen LogP contribution in [-0.4, -0.2) is 44.5 Å². The van der Waals surface area contributed by atoms with Crippen LogP contribution in [0.4, 0.5) is 0 Å². The molecule has 120 valence electrons. The van der Waals surface area contributed by atoms with E-state index in [2.05, 4.69) is 55.3 Å². The van der Waals surface area contributed by atoms with Crippen molar-refractivity contribution in [2.45, 2.75) is 46.2 Å². The van der Waals surface area contributed by atoms with E-state index in [4.69, 9.17) is 9.47 Å². The third kappa shape index (κ3) is 6.14. The second-order valence-electron chi connectivity index (χ2n) is 5.29. The highest BCUT2D eigenvalue weighted by molar-refractivity contribution is 5.22. The Bertz CT molecular complexity index is 373. The van der Waals surface area contributed by atoms with E-state index >= 15 is 0 Å². The summed E-state index contributed by atoms with van der Waals surface area (Å²) in [5.74, 6) is 0. The maximum atomic E-state index is 5.25. The molecule has 0 bridgehead atoms. The van der Waals surface area contributed by atoms with E-state index in [1.165, 1.54) is 11.1 Å². The molecule has 0 amide bonds. The van der Waals surface area contributed by atoms with Gasteiger partial charge in [0.15, 0.2) is 6.29 Å². The average Bonchev–Trinajstić information content (AvgIpc) is 2.53. The molecule has 0 spiro atoms. The summed E-state index contributed by atoms with van der Waals surface area (Å²) in [6, 6.07) is 8.95. The zero-order chi connectivity index (χ0) is 15.7. The molecule has 1 unspecified atom stereocenters. The van der Waals surface area contributed by atoms with Gasteiger partial charge < -0.3 is 14.8 Å². The van der Waals surface area contributed by atoms with Crippen LogP contribution >= 0.6 is 0 Å². The largest absolute Gasteiger partial charge is 0.354 e. The Balaban J connectivity index is 2.47. The van der Waals surface area contributed by atoms with Crippen LogP contribution in [0.25, 0.3) is 0 Å². The van der Waals surface area contributed by atoms with E-state index in [0.717, 1.165) is 26.2 Å². The summed E-state index contributed by atoms with van der Waals surface area (Å²) in [7, 11) is 3.32. The lowest BCUT2D eigenvalue weighted by Crippen LogP contribution is -2.39. The fourth-order valence-electron chi connectivity index (χ4n) is 2.35. The molecule has 0 aromatic heterocycles. The molecule has 0 aliphatic rings. The highest BCUT2D eigenvalue weighted by Gasteiger charge is 2.14. The molecule has 1 rings (SSSR count). The van der Waals surface area contributed by atoms with Crippen LogP contribution in [0.5, 0.6) is 0 Å². The minimum atomic E-state index is -0.216. The van der Waals surface area contributed by atoms with E-state index in [1.807, 2.05) is 0 Å². The maximum absolute atomic E-state index is 5.25. The number of nitrogens with one attached hydrogen (secondary N) is 1. The molecule has 0 saturated carbocycles. The van der Waals surface area contributed by atoms with Crippen LogP contribution in [0, 0.1) is 0 Å². The Morgan fingerprint density at radius 3 is 2.00 bits per heavy atom. The van der Waals surface area contributed by atoms with Crippen LogP contribution in [0.2, 0.25) is 0 Å². The van der Waals surface area contributed by atoms with Crippen molar-refractivity contribution in [3.8, 4) is 0 Å². The summed E-state index contributed by atoms with van der Waals surface area (Å²) in [5.41, 5.74) is 2.64. The van der Waals surface area contributed by atoms with Gasteiger partial charge in [0.05, 0.1) is 6.04 Å². The summed E-state index contributed by atoms with van der Waals surface area (Å²) in [6.45, 7) is 10.5. The summed E-state index contributed by atoms with van der Waals surface area (Å²) in [4.78, 5) is 2.41. The number of ether oxygens (including phenoxy) is 2. The molecular weight excluding hydrogens is 264 g/mol. The van der Waals surface area contributed by atoms with Crippen molar-refractivity contribution >= 4 is 0 Å². The number of benzene rings is 1. The Morgan fingerprint density at radius 1 is 1.00 bits per heavy atom. The molecule has 4 heteroatoms. The quantitative estimate of drug-likeness (QED) is 0.673. The average molecular weight is 294 g/mol. The Kier molecular flexibility index (Phi) is 8.54. The first-order valence-electron chi connectivity index (χ1n) is 7.73. The van der Waals surface area contributed by atoms with Gasteiger partial charge in [0.1, 0.15) is 0 Å². The van der Waals surface area contributed by atoms with Gasteiger partial charge in [0.2, 0.25) is 0 Å². The van der Waals surface area contributed by atoms with Crippen molar-refractivity contribution in [3.05, 3.63) is 35.4 Å². The van der Waals surface area contributed by atoms with Gasteiger partial charge in [-0.25, -0.2) is 0 Å². The lowest BCUT2D eigenvalue weighted by molar-refractivity contribution is -0.119. The SMILES string of the molecule is CCN(CC)Cc1ccc(CNC(C)C(OC)OC)cc1. The summed E-state index contributed by atoms with van der Waals surface area (Å²) in [5, 5.41) is 3.42. The molecule has 1 atom stereocenters. The van der Waals surface area contributed by atoms with E-state index < -0.39 is 0 Å². The monoisotopic (exact) mass is 294 g/mol. The van der Waals surface area contributed by atoms with Crippen molar-refractivity contribution in [1.82, 2.24) is 10.2 Å². The lowest BCUT2D eigenvalue weighted by Gasteiger charge is -2.22. The van der Waals surface area contributed by atoms with Crippen LogP contribution < -0.4 is 5.32 Å². The zero-order valence-corrected chi connectivity index (χ0v) is 14.1. The van der Waals surface area contributed by atoms with Gasteiger partial charge in [0, 0.05) is 27.3 Å². The van der Waals surface area contributed by atoms with E-state index in [-0.39, 0.29) is 12.3 Å². The van der Waals surface area contributed by atoms with Crippen LogP contribution in [0.15, 0.2) is 24.3 Å². The molecule has 21 heavy (non-hydrogen) atoms. The molecule has 0 aliphatic heterocycles. The predicted molar refractivity (Wildman–Crippen MR) is 87.2 cm³/mol. The molecule has 1 N–H and O–H groups in total. The molecule has 0 radical (unpaired) electrons. The van der Waals surface area contributed by atoms with Gasteiger partial charge in [-0.05, 0) is 31.1 Å². The van der Waals surface area contributed by atoms with Crippen molar-refractivity contribution in [2.24, 2.45) is 0 Å². The molecule has 0 heterocycles. The molecule has 4 nitrogen and oxygen atoms in total. The van der Waals surface area contributed by atoms with Crippen molar-refractivity contribution < 1.29 is 9.47 Å². The van der Waals surface area contributed by atoms with Crippen molar-refractivity contribution in [2.75, 3.05) is 27.3 Å². The topological polar surface area (TPSA) is 33.7 Å². The van der Waals surface area contributed by atoms with Gasteiger partial charge in [-0.1, -0.05) is 38.1 Å². The third-order valence-electron chi connectivity index (χ3n) is 3.82. The molecule has 0 aliphatic carbocycles. The number of rotatable bonds is 10. The Morgan fingerprint density at radius 2 is 1.52 bits per heavy atom. The summed E-state index contributed by atoms with van der Waals surface area (Å²) < 4.78 is 10.5. The molecule has 1 aromatic carbocycles. The van der Waals surface area contributed by atoms with Crippen LogP contribution in [-0.2, 0) is 22.6 Å². The number of hydrogen-bond donors (Lipinski definition) is 1. The molecule has 1 aromatic rings. The minimum absolute atomic E-state index is 0.148. The van der Waals surface area contributed by atoms with Gasteiger partial charge in [0.25, 0.3) is 0 Å². The smallest absolute Gasteiger partial charge is 0.171 e. The van der Waals surface area contributed by atoms with Crippen molar-refractivity contribution in [3.63, 3.8) is 0 Å². The number of hydrogen-bond acceptors (Lipinski definition) is 4. The van der Waals surface area contributed by atoms with E-state index in [0.29, 0.717) is 0 Å². The zero-order valence-electron chi connectivity index (χ0n) is 14.1. The van der Waals surface area contributed by atoms with Gasteiger partial charge in [-0.15, -0.1) is 0 Å². The van der Waals surface area contributed by atoms with E-state index in [1.54, 1.807) is 14.2 Å². The predicted octanol–water partition coefficient (Wildman–Crippen LogP) is 2.63. The normalized spacial score (nSPS) is 13.1. The van der Waals surface area contributed by atoms with Crippen LogP contribution in [0.3, 0.4) is 0 Å². The maximum Gasteiger partial charge on any atom is 0.171 e. The number of methoxy groups -OCH3 is 2. The first-order valence-corrected chi connectivity index (χ1v) is 7.73. The highest BCUT2D eigenvalue weighted by Crippen LogP contribution is 2.08. The standard InChI is InChI=1S/C17H30N2O2/c1-6-19(7-2)13-16-10-8-15(9-11-16)12-18-14(3)17(20-4)21-5/h8-11,14,17-18H,6-7,12-13H2,1-5H3. The third-order valence-corrected chi connectivity index (χ3v) is 3.82. The van der Waals surface area contributed by atoms with Crippen molar-refractivity contribution in [1.29, 1.82) is 0 Å². The van der Waals surface area contributed by atoms with Crippen LogP contribution in [0.1, 0.15) is 31.9 Å². The van der Waals surface area contributed by atoms with E-state index in [9.17, 15) is 0 Å². The first kappa shape index (κ1) is 18.1. The second kappa shape index (κ2) is 9.90. The fraction of sp³-hybridized carbons (Fsp3) is 0.647. The lowest BCUT2D eigenvalue weighted by atomic mass is 10.1. The summed E-state index contributed by atoms with van der Waals surface area (Å²) >= 11 is 0. The fourth-order valence-corrected chi connectivity index (χ4v) is 2.35. The molecule has 0 saturated heterocycles. The second-order valence-corrected chi connectivity index (χ2v) is 5.29. The number of nitrogens with zero attached hydrogens (tertiary/aromatic N) is 1. The molecule has 0 fully saturated rings. The van der Waals surface area contributed by atoms with Gasteiger partial charge >= 0.3 is 0 Å². The summed E-state index contributed by atoms with van der Waals surface area (Å²) in [6.07, 6.45) is -0.216. The molecular formula is C17H30N2O2. The Hall–Kier alpha value is -0.940. The first-order chi connectivity index (χ1) is 10.1. The Labute approximate surface area is 129 Å².